The zero-order valence-electron chi connectivity index (χ0n) is 23.4. The molecule has 0 aromatic heterocycles. The lowest BCUT2D eigenvalue weighted by molar-refractivity contribution is -0.140. The minimum absolute atomic E-state index is 0.0440. The van der Waals surface area contributed by atoms with Gasteiger partial charge >= 0.3 is 10.2 Å². The second-order valence-corrected chi connectivity index (χ2v) is 11.8. The molecule has 2 amide bonds. The second-order valence-electron chi connectivity index (χ2n) is 9.78. The van der Waals surface area contributed by atoms with E-state index in [-0.39, 0.29) is 18.5 Å². The lowest BCUT2D eigenvalue weighted by Gasteiger charge is -2.35. The maximum atomic E-state index is 14.0. The first-order chi connectivity index (χ1) is 17.3. The number of amides is 2. The van der Waals surface area contributed by atoms with Crippen molar-refractivity contribution in [2.45, 2.75) is 73.0 Å². The Labute approximate surface area is 222 Å². The second kappa shape index (κ2) is 13.1. The first kappa shape index (κ1) is 30.3. The fraction of sp³-hybridized carbons (Fsp3) is 0.500. The molecule has 0 aliphatic carbocycles. The molecule has 0 aliphatic heterocycles. The van der Waals surface area contributed by atoms with Crippen molar-refractivity contribution >= 4 is 27.7 Å². The molecule has 8 nitrogen and oxygen atoms in total. The normalized spacial score (nSPS) is 13.2. The van der Waals surface area contributed by atoms with E-state index < -0.39 is 28.7 Å². The van der Waals surface area contributed by atoms with Gasteiger partial charge in [0.2, 0.25) is 11.8 Å². The Bertz CT molecular complexity index is 1200. The van der Waals surface area contributed by atoms with Crippen molar-refractivity contribution < 1.29 is 18.0 Å². The summed E-state index contributed by atoms with van der Waals surface area (Å²) in [5.74, 6) is -0.687. The van der Waals surface area contributed by atoms with Gasteiger partial charge in [0.15, 0.2) is 0 Å². The van der Waals surface area contributed by atoms with Crippen molar-refractivity contribution in [2.24, 2.45) is 0 Å². The predicted molar refractivity (Wildman–Crippen MR) is 150 cm³/mol. The maximum absolute atomic E-state index is 14.0. The van der Waals surface area contributed by atoms with Gasteiger partial charge in [0.25, 0.3) is 0 Å². The average molecular weight is 531 g/mol. The third-order valence-corrected chi connectivity index (χ3v) is 8.45. The van der Waals surface area contributed by atoms with Crippen LogP contribution in [-0.2, 0) is 26.3 Å². The van der Waals surface area contributed by atoms with Crippen LogP contribution in [0.4, 0.5) is 5.69 Å². The Kier molecular flexibility index (Phi) is 10.7. The molecule has 0 heterocycles. The van der Waals surface area contributed by atoms with Gasteiger partial charge in [-0.1, -0.05) is 50.2 Å². The number of nitrogens with zero attached hydrogens (tertiary/aromatic N) is 3. The van der Waals surface area contributed by atoms with Gasteiger partial charge in [-0.3, -0.25) is 9.59 Å². The number of hydrogen-bond acceptors (Lipinski definition) is 4. The van der Waals surface area contributed by atoms with Gasteiger partial charge in [0.1, 0.15) is 12.6 Å². The Balaban J connectivity index is 2.57. The largest absolute Gasteiger partial charge is 0.352 e. The molecule has 2 aromatic rings. The minimum Gasteiger partial charge on any atom is -0.352 e. The van der Waals surface area contributed by atoms with E-state index in [4.69, 9.17) is 0 Å². The van der Waals surface area contributed by atoms with Crippen LogP contribution < -0.4 is 9.62 Å². The molecule has 0 unspecified atom stereocenters. The van der Waals surface area contributed by atoms with Gasteiger partial charge in [-0.05, 0) is 68.9 Å². The smallest absolute Gasteiger partial charge is 0.304 e. The molecular weight excluding hydrogens is 488 g/mol. The summed E-state index contributed by atoms with van der Waals surface area (Å²) in [6.07, 6.45) is 1.15. The van der Waals surface area contributed by atoms with Crippen LogP contribution >= 0.6 is 0 Å². The van der Waals surface area contributed by atoms with E-state index in [1.807, 2.05) is 77.9 Å². The summed E-state index contributed by atoms with van der Waals surface area (Å²) < 4.78 is 29.1. The number of carbonyl (C=O) groups excluding carboxylic acids is 2. The highest BCUT2D eigenvalue weighted by Gasteiger charge is 2.34. The molecule has 0 bridgehead atoms. The molecule has 0 saturated heterocycles. The Morgan fingerprint density at radius 2 is 1.59 bits per heavy atom. The third kappa shape index (κ3) is 7.55. The molecular formula is C28H42N4O4S. The van der Waals surface area contributed by atoms with Gasteiger partial charge < -0.3 is 10.2 Å². The van der Waals surface area contributed by atoms with E-state index in [0.717, 1.165) is 37.3 Å². The molecule has 0 spiro atoms. The zero-order chi connectivity index (χ0) is 27.9. The van der Waals surface area contributed by atoms with Crippen molar-refractivity contribution in [3.63, 3.8) is 0 Å². The lowest BCUT2D eigenvalue weighted by atomic mass is 10.1. The molecule has 2 rings (SSSR count). The van der Waals surface area contributed by atoms with E-state index >= 15 is 0 Å². The number of benzene rings is 2. The van der Waals surface area contributed by atoms with Gasteiger partial charge in [-0.25, -0.2) is 4.31 Å². The van der Waals surface area contributed by atoms with E-state index in [1.165, 1.54) is 19.0 Å². The molecule has 0 radical (unpaired) electrons. The predicted octanol–water partition coefficient (Wildman–Crippen LogP) is 3.95. The van der Waals surface area contributed by atoms with Crippen molar-refractivity contribution in [1.82, 2.24) is 14.5 Å². The fourth-order valence-electron chi connectivity index (χ4n) is 4.02. The number of carbonyl (C=O) groups is 2. The molecule has 2 aromatic carbocycles. The summed E-state index contributed by atoms with van der Waals surface area (Å²) in [7, 11) is -1.11. The van der Waals surface area contributed by atoms with Crippen LogP contribution in [0.1, 0.15) is 55.9 Å². The third-order valence-electron chi connectivity index (χ3n) is 6.64. The lowest BCUT2D eigenvalue weighted by Crippen LogP contribution is -2.54. The quantitative estimate of drug-likeness (QED) is 0.450. The van der Waals surface area contributed by atoms with Gasteiger partial charge in [-0.15, -0.1) is 0 Å². The summed E-state index contributed by atoms with van der Waals surface area (Å²) in [4.78, 5) is 28.8. The monoisotopic (exact) mass is 530 g/mol. The molecule has 0 aliphatic rings. The van der Waals surface area contributed by atoms with Crippen molar-refractivity contribution in [3.8, 4) is 0 Å². The SMILES string of the molecule is CC[C@H](C(=O)N[C@@H](C)CC)N(Cc1ccccc1C)C(=O)CN(c1cc(C)ccc1C)S(=O)(=O)N(C)C. The van der Waals surface area contributed by atoms with Crippen LogP contribution in [0, 0.1) is 20.8 Å². The van der Waals surface area contributed by atoms with Crippen LogP contribution in [0.2, 0.25) is 0 Å². The first-order valence-electron chi connectivity index (χ1n) is 12.7. The Morgan fingerprint density at radius 3 is 2.16 bits per heavy atom. The molecule has 204 valence electrons. The van der Waals surface area contributed by atoms with Crippen molar-refractivity contribution in [1.29, 1.82) is 0 Å². The van der Waals surface area contributed by atoms with Crippen LogP contribution in [0.3, 0.4) is 0 Å². The van der Waals surface area contributed by atoms with E-state index in [0.29, 0.717) is 12.1 Å². The number of aryl methyl sites for hydroxylation is 3. The maximum Gasteiger partial charge on any atom is 0.304 e. The van der Waals surface area contributed by atoms with Gasteiger partial charge in [0.05, 0.1) is 5.69 Å². The molecule has 1 N–H and O–H groups in total. The summed E-state index contributed by atoms with van der Waals surface area (Å²) in [6, 6.07) is 12.4. The number of rotatable bonds is 12. The first-order valence-corrected chi connectivity index (χ1v) is 14.1. The average Bonchev–Trinajstić information content (AvgIpc) is 2.84. The summed E-state index contributed by atoms with van der Waals surface area (Å²) in [6.45, 7) is 11.2. The van der Waals surface area contributed by atoms with Gasteiger partial charge in [0, 0.05) is 26.7 Å². The topological polar surface area (TPSA) is 90.0 Å². The van der Waals surface area contributed by atoms with Crippen molar-refractivity contribution in [2.75, 3.05) is 24.9 Å². The minimum atomic E-state index is -4.00. The Hall–Kier alpha value is -2.91. The zero-order valence-corrected chi connectivity index (χ0v) is 24.2. The fourth-order valence-corrected chi connectivity index (χ4v) is 5.13. The van der Waals surface area contributed by atoms with Crippen molar-refractivity contribution in [3.05, 3.63) is 64.7 Å². The number of anilines is 1. The highest BCUT2D eigenvalue weighted by atomic mass is 32.2. The summed E-state index contributed by atoms with van der Waals surface area (Å²) in [5.41, 5.74) is 3.94. The van der Waals surface area contributed by atoms with Crippen LogP contribution in [0.5, 0.6) is 0 Å². The molecule has 37 heavy (non-hydrogen) atoms. The molecule has 0 fully saturated rings. The molecule has 2 atom stereocenters. The Morgan fingerprint density at radius 1 is 0.946 bits per heavy atom. The van der Waals surface area contributed by atoms with E-state index in [9.17, 15) is 18.0 Å². The highest BCUT2D eigenvalue weighted by molar-refractivity contribution is 7.90. The van der Waals surface area contributed by atoms with E-state index in [2.05, 4.69) is 5.32 Å². The number of hydrogen-bond donors (Lipinski definition) is 1. The van der Waals surface area contributed by atoms with Crippen LogP contribution in [0.15, 0.2) is 42.5 Å². The van der Waals surface area contributed by atoms with Crippen LogP contribution in [-0.4, -0.2) is 62.2 Å². The molecule has 0 saturated carbocycles. The highest BCUT2D eigenvalue weighted by Crippen LogP contribution is 2.26. The summed E-state index contributed by atoms with van der Waals surface area (Å²) in [5, 5.41) is 2.99. The summed E-state index contributed by atoms with van der Waals surface area (Å²) >= 11 is 0. The van der Waals surface area contributed by atoms with Crippen LogP contribution in [0.25, 0.3) is 0 Å². The standard InChI is InChI=1S/C28H42N4O4S/c1-9-23(6)29-28(34)25(10-2)31(18-24-14-12-11-13-21(24)4)27(33)19-32(37(35,36)30(7)8)26-17-20(3)15-16-22(26)5/h11-17,23,25H,9-10,18-19H2,1-8H3,(H,29,34)/t23-,25+/m0/s1. The molecule has 9 heteroatoms. The van der Waals surface area contributed by atoms with Gasteiger partial charge in [-0.2, -0.15) is 12.7 Å². The number of nitrogens with one attached hydrogen (secondary N) is 1. The van der Waals surface area contributed by atoms with E-state index in [1.54, 1.807) is 6.07 Å².